The summed E-state index contributed by atoms with van der Waals surface area (Å²) in [6, 6.07) is 3.52. The number of carbonyl (C=O) groups is 1. The van der Waals surface area contributed by atoms with Gasteiger partial charge < -0.3 is 10.4 Å². The van der Waals surface area contributed by atoms with Gasteiger partial charge in [-0.2, -0.15) is 0 Å². The lowest BCUT2D eigenvalue weighted by Gasteiger charge is -2.20. The zero-order valence-corrected chi connectivity index (χ0v) is 13.2. The maximum Gasteiger partial charge on any atom is 0.254 e. The Morgan fingerprint density at radius 1 is 1.42 bits per heavy atom. The monoisotopic (exact) mass is 328 g/mol. The number of nitrogens with one attached hydrogen (secondary N) is 1. The first-order valence-corrected chi connectivity index (χ1v) is 7.38. The molecule has 0 radical (unpaired) electrons. The summed E-state index contributed by atoms with van der Waals surface area (Å²) in [6.07, 6.45) is 1.31. The van der Waals surface area contributed by atoms with Crippen LogP contribution < -0.4 is 5.32 Å². The number of halogens is 1. The van der Waals surface area contributed by atoms with E-state index in [0.29, 0.717) is 10.2 Å². The summed E-state index contributed by atoms with van der Waals surface area (Å²) in [6.45, 7) is 6.22. The first kappa shape index (κ1) is 16.1. The second-order valence-corrected chi connectivity index (χ2v) is 5.40. The van der Waals surface area contributed by atoms with E-state index in [4.69, 9.17) is 0 Å². The van der Waals surface area contributed by atoms with Crippen molar-refractivity contribution in [2.45, 2.75) is 39.7 Å². The summed E-state index contributed by atoms with van der Waals surface area (Å²) in [5.74, 6) is 0.00395. The Kier molecular flexibility index (Phi) is 6.45. The number of pyridine rings is 1. The van der Waals surface area contributed by atoms with Crippen LogP contribution in [0.25, 0.3) is 0 Å². The fraction of sp³-hybridized carbons (Fsp3) is 0.571. The van der Waals surface area contributed by atoms with E-state index in [0.717, 1.165) is 18.5 Å². The third-order valence-electron chi connectivity index (χ3n) is 3.30. The maximum atomic E-state index is 12.0. The summed E-state index contributed by atoms with van der Waals surface area (Å²) in [4.78, 5) is 16.2. The lowest BCUT2D eigenvalue weighted by atomic mass is 9.96. The number of hydrogen-bond donors (Lipinski definition) is 2. The van der Waals surface area contributed by atoms with Gasteiger partial charge in [0.1, 0.15) is 4.60 Å². The van der Waals surface area contributed by atoms with Crippen molar-refractivity contribution in [2.75, 3.05) is 6.54 Å². The molecule has 0 bridgehead atoms. The molecule has 1 aromatic rings. The molecule has 1 unspecified atom stereocenters. The minimum Gasteiger partial charge on any atom is -0.391 e. The van der Waals surface area contributed by atoms with Gasteiger partial charge in [-0.3, -0.25) is 4.79 Å². The minimum absolute atomic E-state index is 0.218. The second-order valence-electron chi connectivity index (χ2n) is 4.64. The van der Waals surface area contributed by atoms with Crippen molar-refractivity contribution in [3.05, 3.63) is 28.0 Å². The van der Waals surface area contributed by atoms with E-state index >= 15 is 0 Å². The molecule has 4 nitrogen and oxygen atoms in total. The molecule has 0 fully saturated rings. The van der Waals surface area contributed by atoms with Gasteiger partial charge in [-0.1, -0.05) is 26.7 Å². The molecule has 0 saturated carbocycles. The molecule has 1 amide bonds. The van der Waals surface area contributed by atoms with Crippen LogP contribution in [0.1, 0.15) is 42.7 Å². The molecule has 5 heteroatoms. The van der Waals surface area contributed by atoms with Gasteiger partial charge in [0.05, 0.1) is 11.7 Å². The number of rotatable bonds is 6. The summed E-state index contributed by atoms with van der Waals surface area (Å²) in [5.41, 5.74) is 1.34. The standard InChI is InChI=1S/C14H21BrN2O2/c1-4-10(5-2)12(18)8-16-14(19)11-7-6-9(3)17-13(11)15/h6-7,10,12,18H,4-5,8H2,1-3H3,(H,16,19). The fourth-order valence-electron chi connectivity index (χ4n) is 1.99. The van der Waals surface area contributed by atoms with E-state index in [-0.39, 0.29) is 18.4 Å². The van der Waals surface area contributed by atoms with Crippen LogP contribution in [0, 0.1) is 12.8 Å². The first-order chi connectivity index (χ1) is 8.99. The number of aliphatic hydroxyl groups is 1. The molecule has 1 rings (SSSR count). The molecule has 106 valence electrons. The van der Waals surface area contributed by atoms with Gasteiger partial charge in [-0.15, -0.1) is 0 Å². The summed E-state index contributed by atoms with van der Waals surface area (Å²) >= 11 is 3.28. The molecular formula is C14H21BrN2O2. The van der Waals surface area contributed by atoms with E-state index in [9.17, 15) is 9.90 Å². The molecule has 0 spiro atoms. The van der Waals surface area contributed by atoms with Crippen molar-refractivity contribution in [2.24, 2.45) is 5.92 Å². The van der Waals surface area contributed by atoms with Crippen LogP contribution in [0.15, 0.2) is 16.7 Å². The van der Waals surface area contributed by atoms with E-state index < -0.39 is 6.10 Å². The molecule has 19 heavy (non-hydrogen) atoms. The Labute approximate surface area is 122 Å². The molecule has 0 aliphatic carbocycles. The average Bonchev–Trinajstić information content (AvgIpc) is 2.37. The minimum atomic E-state index is -0.504. The average molecular weight is 329 g/mol. The molecule has 0 aliphatic rings. The van der Waals surface area contributed by atoms with Crippen molar-refractivity contribution in [1.82, 2.24) is 10.3 Å². The van der Waals surface area contributed by atoms with Gasteiger partial charge in [0.15, 0.2) is 0 Å². The Hall–Kier alpha value is -0.940. The number of aryl methyl sites for hydroxylation is 1. The third kappa shape index (κ3) is 4.58. The van der Waals surface area contributed by atoms with Crippen molar-refractivity contribution >= 4 is 21.8 Å². The quantitative estimate of drug-likeness (QED) is 0.789. The fourth-order valence-corrected chi connectivity index (χ4v) is 2.58. The van der Waals surface area contributed by atoms with Crippen LogP contribution in [0.5, 0.6) is 0 Å². The topological polar surface area (TPSA) is 62.2 Å². The normalized spacial score (nSPS) is 12.5. The van der Waals surface area contributed by atoms with Gasteiger partial charge in [0.2, 0.25) is 0 Å². The van der Waals surface area contributed by atoms with Gasteiger partial charge in [-0.05, 0) is 40.9 Å². The Bertz CT molecular complexity index is 433. The van der Waals surface area contributed by atoms with Gasteiger partial charge in [0.25, 0.3) is 5.91 Å². The number of amides is 1. The van der Waals surface area contributed by atoms with E-state index in [2.05, 4.69) is 26.2 Å². The number of aliphatic hydroxyl groups excluding tert-OH is 1. The van der Waals surface area contributed by atoms with Gasteiger partial charge in [0, 0.05) is 12.2 Å². The summed E-state index contributed by atoms with van der Waals surface area (Å²) in [7, 11) is 0. The smallest absolute Gasteiger partial charge is 0.254 e. The largest absolute Gasteiger partial charge is 0.391 e. The van der Waals surface area contributed by atoms with Crippen molar-refractivity contribution in [3.63, 3.8) is 0 Å². The van der Waals surface area contributed by atoms with Crippen LogP contribution in [0.3, 0.4) is 0 Å². The molecule has 1 atom stereocenters. The van der Waals surface area contributed by atoms with E-state index in [1.54, 1.807) is 12.1 Å². The summed E-state index contributed by atoms with van der Waals surface area (Å²) in [5, 5.41) is 12.7. The molecular weight excluding hydrogens is 308 g/mol. The van der Waals surface area contributed by atoms with E-state index in [1.165, 1.54) is 0 Å². The molecule has 0 aromatic carbocycles. The predicted molar refractivity (Wildman–Crippen MR) is 79.1 cm³/mol. The molecule has 0 aliphatic heterocycles. The lowest BCUT2D eigenvalue weighted by Crippen LogP contribution is -2.36. The van der Waals surface area contributed by atoms with Crippen LogP contribution in [0.2, 0.25) is 0 Å². The SMILES string of the molecule is CCC(CC)C(O)CNC(=O)c1ccc(C)nc1Br. The van der Waals surface area contributed by atoms with Gasteiger partial charge >= 0.3 is 0 Å². The highest BCUT2D eigenvalue weighted by molar-refractivity contribution is 9.10. The van der Waals surface area contributed by atoms with Crippen LogP contribution in [0.4, 0.5) is 0 Å². The number of hydrogen-bond acceptors (Lipinski definition) is 3. The van der Waals surface area contributed by atoms with Crippen molar-refractivity contribution < 1.29 is 9.90 Å². The zero-order valence-electron chi connectivity index (χ0n) is 11.6. The molecule has 0 saturated heterocycles. The zero-order chi connectivity index (χ0) is 14.4. The van der Waals surface area contributed by atoms with Crippen LogP contribution >= 0.6 is 15.9 Å². The maximum absolute atomic E-state index is 12.0. The van der Waals surface area contributed by atoms with Crippen molar-refractivity contribution in [1.29, 1.82) is 0 Å². The Balaban J connectivity index is 2.60. The molecule has 1 heterocycles. The number of aromatic nitrogens is 1. The number of carbonyl (C=O) groups excluding carboxylic acids is 1. The molecule has 1 aromatic heterocycles. The third-order valence-corrected chi connectivity index (χ3v) is 3.90. The highest BCUT2D eigenvalue weighted by atomic mass is 79.9. The second kappa shape index (κ2) is 7.60. The van der Waals surface area contributed by atoms with Crippen LogP contribution in [-0.4, -0.2) is 28.6 Å². The highest BCUT2D eigenvalue weighted by Crippen LogP contribution is 2.15. The number of nitrogens with zero attached hydrogens (tertiary/aromatic N) is 1. The first-order valence-electron chi connectivity index (χ1n) is 6.59. The van der Waals surface area contributed by atoms with Crippen molar-refractivity contribution in [3.8, 4) is 0 Å². The lowest BCUT2D eigenvalue weighted by molar-refractivity contribution is 0.0816. The van der Waals surface area contributed by atoms with Crippen LogP contribution in [-0.2, 0) is 0 Å². The van der Waals surface area contributed by atoms with E-state index in [1.807, 2.05) is 20.8 Å². The molecule has 2 N–H and O–H groups in total. The van der Waals surface area contributed by atoms with Gasteiger partial charge in [-0.25, -0.2) is 4.98 Å². The Morgan fingerprint density at radius 2 is 2.05 bits per heavy atom. The summed E-state index contributed by atoms with van der Waals surface area (Å²) < 4.78 is 0.530. The Morgan fingerprint density at radius 3 is 2.58 bits per heavy atom. The predicted octanol–water partition coefficient (Wildman–Crippen LogP) is 2.68. The highest BCUT2D eigenvalue weighted by Gasteiger charge is 2.17.